The van der Waals surface area contributed by atoms with E-state index in [1.165, 1.54) is 6.61 Å². The molecule has 2 aliphatic heterocycles. The summed E-state index contributed by atoms with van der Waals surface area (Å²) in [5, 5.41) is 0. The van der Waals surface area contributed by atoms with Crippen LogP contribution in [0, 0.1) is 6.61 Å². The van der Waals surface area contributed by atoms with Crippen molar-refractivity contribution in [3.05, 3.63) is 55.4 Å². The van der Waals surface area contributed by atoms with Crippen LogP contribution in [0.3, 0.4) is 0 Å². The molecule has 1 aromatic rings. The van der Waals surface area contributed by atoms with E-state index >= 15 is 0 Å². The molecular weight excluding hydrogens is 424 g/mol. The van der Waals surface area contributed by atoms with Crippen LogP contribution in [0.15, 0.2) is 48.8 Å². The van der Waals surface area contributed by atoms with Crippen molar-refractivity contribution in [3.8, 4) is 0 Å². The van der Waals surface area contributed by atoms with Crippen LogP contribution in [0.2, 0.25) is 0 Å². The van der Waals surface area contributed by atoms with Gasteiger partial charge in [-0.3, -0.25) is 0 Å². The largest absolute Gasteiger partial charge is 0.619 e. The Morgan fingerprint density at radius 2 is 1.60 bits per heavy atom. The summed E-state index contributed by atoms with van der Waals surface area (Å²) in [6, 6.07) is 7.87. The third-order valence-corrected chi connectivity index (χ3v) is 3.15. The van der Waals surface area contributed by atoms with Gasteiger partial charge in [0.05, 0.1) is 0 Å². The van der Waals surface area contributed by atoms with Gasteiger partial charge in [-0.25, -0.2) is 4.79 Å². The molecule has 4 nitrogen and oxygen atoms in total. The van der Waals surface area contributed by atoms with E-state index in [-0.39, 0.29) is 27.2 Å². The van der Waals surface area contributed by atoms with Crippen molar-refractivity contribution in [2.24, 2.45) is 0 Å². The minimum absolute atomic E-state index is 0. The first-order valence-electron chi connectivity index (χ1n) is 6.36. The van der Waals surface area contributed by atoms with Crippen molar-refractivity contribution in [1.29, 1.82) is 0 Å². The average molecular weight is 439 g/mol. The van der Waals surface area contributed by atoms with Crippen molar-refractivity contribution in [2.45, 2.75) is 12.8 Å². The number of allylic oxidation sites excluding steroid dienone is 2. The third kappa shape index (κ3) is 3.13. The third-order valence-electron chi connectivity index (χ3n) is 3.15. The molecule has 0 spiro atoms. The molecule has 1 saturated heterocycles. The Balaban J connectivity index is 0.00000147. The zero-order chi connectivity index (χ0) is 13.1. The summed E-state index contributed by atoms with van der Waals surface area (Å²) in [6.07, 6.45) is 10.3. The number of cyclic esters (lactones) is 1. The molecule has 0 atom stereocenters. The fraction of sp³-hybridized carbons (Fsp3) is 0.200. The summed E-state index contributed by atoms with van der Waals surface area (Å²) >= 11 is 0. The van der Waals surface area contributed by atoms with Crippen LogP contribution >= 0.6 is 0 Å². The molecule has 3 rings (SSSR count). The number of hydrogen-bond acceptors (Lipinski definition) is 3. The van der Waals surface area contributed by atoms with Crippen molar-refractivity contribution in [1.82, 2.24) is 0 Å². The molecule has 0 N–H and O–H groups in total. The van der Waals surface area contributed by atoms with E-state index in [0.717, 1.165) is 24.2 Å². The Morgan fingerprint density at radius 1 is 1.00 bits per heavy atom. The fourth-order valence-corrected chi connectivity index (χ4v) is 2.13. The molecule has 5 heteroatoms. The first-order valence-corrected chi connectivity index (χ1v) is 6.36. The van der Waals surface area contributed by atoms with E-state index in [1.807, 2.05) is 24.3 Å². The van der Waals surface area contributed by atoms with Gasteiger partial charge in [0.25, 0.3) is 0 Å². The number of ether oxygens (including phenoxy) is 1. The van der Waals surface area contributed by atoms with Crippen LogP contribution in [-0.2, 0) is 25.8 Å². The predicted octanol–water partition coefficient (Wildman–Crippen LogP) is 3.43. The minimum Gasteiger partial charge on any atom is -0.619 e. The molecule has 0 aliphatic carbocycles. The standard InChI is InChI=1S/C15H15N2O2.W/c18-15-17(11-12-19-15)14-7-5-13(6-8-14)16-9-3-1-2-4-10-16;/h3-10,12H,1-2,11H2;/q-1;. The fourth-order valence-electron chi connectivity index (χ4n) is 2.13. The van der Waals surface area contributed by atoms with E-state index in [2.05, 4.69) is 29.5 Å². The van der Waals surface area contributed by atoms with Gasteiger partial charge in [-0.1, -0.05) is 18.7 Å². The normalized spacial score (nSPS) is 17.7. The van der Waals surface area contributed by atoms with Gasteiger partial charge in [-0.05, 0) is 37.1 Å². The maximum absolute atomic E-state index is 11.4. The Bertz CT molecular complexity index is 511. The van der Waals surface area contributed by atoms with E-state index in [0.29, 0.717) is 6.54 Å². The first kappa shape index (κ1) is 14.9. The molecule has 0 aromatic heterocycles. The summed E-state index contributed by atoms with van der Waals surface area (Å²) in [5.41, 5.74) is 1.93. The molecule has 1 aromatic carbocycles. The molecule has 20 heavy (non-hydrogen) atoms. The van der Waals surface area contributed by atoms with Gasteiger partial charge in [-0.2, -0.15) is 0 Å². The van der Waals surface area contributed by atoms with Gasteiger partial charge in [0.2, 0.25) is 0 Å². The molecule has 104 valence electrons. The van der Waals surface area contributed by atoms with Crippen molar-refractivity contribution in [3.63, 3.8) is 0 Å². The molecule has 0 radical (unpaired) electrons. The molecule has 0 bridgehead atoms. The molecular formula is C15H15N2O2W-. The second kappa shape index (κ2) is 6.76. The number of anilines is 2. The van der Waals surface area contributed by atoms with Crippen molar-refractivity contribution < 1.29 is 30.6 Å². The maximum Gasteiger partial charge on any atom is 0.380 e. The number of carbonyl (C=O) groups excluding carboxylic acids is 1. The van der Waals surface area contributed by atoms with Crippen LogP contribution in [0.4, 0.5) is 16.2 Å². The summed E-state index contributed by atoms with van der Waals surface area (Å²) in [5.74, 6) is 0. The summed E-state index contributed by atoms with van der Waals surface area (Å²) in [6.45, 7) is 2.01. The smallest absolute Gasteiger partial charge is 0.380 e. The van der Waals surface area contributed by atoms with Gasteiger partial charge in [0.15, 0.2) is 0 Å². The van der Waals surface area contributed by atoms with Crippen LogP contribution in [0.25, 0.3) is 0 Å². The zero-order valence-electron chi connectivity index (χ0n) is 10.9. The molecule has 2 heterocycles. The topological polar surface area (TPSA) is 32.8 Å². The number of rotatable bonds is 2. The predicted molar refractivity (Wildman–Crippen MR) is 74.6 cm³/mol. The van der Waals surface area contributed by atoms with Crippen LogP contribution in [0.5, 0.6) is 0 Å². The molecule has 0 saturated carbocycles. The number of hydrogen-bond donors (Lipinski definition) is 0. The zero-order valence-corrected chi connectivity index (χ0v) is 13.9. The SMILES string of the molecule is O=C1O[CH-]CN1c1ccc(N2C=CCCC=C2)cc1.[W]. The Morgan fingerprint density at radius 3 is 2.15 bits per heavy atom. The van der Waals surface area contributed by atoms with Crippen molar-refractivity contribution in [2.75, 3.05) is 16.3 Å². The average Bonchev–Trinajstić information content (AvgIpc) is 2.71. The number of amides is 1. The van der Waals surface area contributed by atoms with Crippen LogP contribution in [-0.4, -0.2) is 12.6 Å². The number of carbonyl (C=O) groups is 1. The monoisotopic (exact) mass is 439 g/mol. The van der Waals surface area contributed by atoms with Crippen molar-refractivity contribution >= 4 is 17.5 Å². The Kier molecular flexibility index (Phi) is 5.02. The van der Waals surface area contributed by atoms with Gasteiger partial charge in [0.1, 0.15) is 0 Å². The van der Waals surface area contributed by atoms with E-state index in [4.69, 9.17) is 4.74 Å². The molecule has 2 aliphatic rings. The second-order valence-corrected chi connectivity index (χ2v) is 4.43. The van der Waals surface area contributed by atoms with Gasteiger partial charge < -0.3 is 14.5 Å². The first-order chi connectivity index (χ1) is 9.34. The minimum atomic E-state index is -0.317. The maximum atomic E-state index is 11.4. The second-order valence-electron chi connectivity index (χ2n) is 4.43. The van der Waals surface area contributed by atoms with Crippen LogP contribution in [0.1, 0.15) is 12.8 Å². The number of nitrogens with zero attached hydrogens (tertiary/aromatic N) is 2. The summed E-state index contributed by atoms with van der Waals surface area (Å²) in [4.78, 5) is 15.1. The Labute approximate surface area is 133 Å². The quantitative estimate of drug-likeness (QED) is 0.663. The summed E-state index contributed by atoms with van der Waals surface area (Å²) < 4.78 is 4.81. The summed E-state index contributed by atoms with van der Waals surface area (Å²) in [7, 11) is 0. The van der Waals surface area contributed by atoms with Gasteiger partial charge in [0, 0.05) is 44.8 Å². The van der Waals surface area contributed by atoms with E-state index in [1.54, 1.807) is 4.90 Å². The Hall–Kier alpha value is -1.54. The molecule has 0 unspecified atom stereocenters. The molecule has 1 amide bonds. The van der Waals surface area contributed by atoms with Gasteiger partial charge in [-0.15, -0.1) is 6.61 Å². The number of benzene rings is 1. The van der Waals surface area contributed by atoms with E-state index < -0.39 is 0 Å². The van der Waals surface area contributed by atoms with Crippen LogP contribution < -0.4 is 9.80 Å². The molecule has 1 fully saturated rings. The van der Waals surface area contributed by atoms with E-state index in [9.17, 15) is 4.79 Å². The van der Waals surface area contributed by atoms with Gasteiger partial charge >= 0.3 is 6.09 Å².